The normalized spacial score (nSPS) is 13.9. The number of hydrogen-bond acceptors (Lipinski definition) is 6. The van der Waals surface area contributed by atoms with Crippen LogP contribution in [-0.2, 0) is 9.53 Å². The van der Waals surface area contributed by atoms with Crippen LogP contribution in [0.4, 0.5) is 11.4 Å². The summed E-state index contributed by atoms with van der Waals surface area (Å²) in [7, 11) is 1.55. The van der Waals surface area contributed by atoms with E-state index in [0.29, 0.717) is 60.7 Å². The Labute approximate surface area is 193 Å². The molecule has 7 nitrogen and oxygen atoms in total. The van der Waals surface area contributed by atoms with E-state index in [2.05, 4.69) is 10.2 Å². The molecule has 2 aromatic rings. The molecule has 0 bridgehead atoms. The number of carbonyl (C=O) groups is 1. The van der Waals surface area contributed by atoms with Crippen molar-refractivity contribution in [3.8, 4) is 17.6 Å². The van der Waals surface area contributed by atoms with Crippen molar-refractivity contribution in [1.82, 2.24) is 0 Å². The molecule has 1 saturated heterocycles. The maximum atomic E-state index is 12.9. The minimum atomic E-state index is -0.519. The number of methoxy groups -OCH3 is 1. The Balaban J connectivity index is 1.83. The Morgan fingerprint density at radius 3 is 2.72 bits per heavy atom. The minimum absolute atomic E-state index is 0.0396. The summed E-state index contributed by atoms with van der Waals surface area (Å²) in [5.41, 5.74) is 1.99. The summed E-state index contributed by atoms with van der Waals surface area (Å²) in [5, 5.41) is 12.9. The van der Waals surface area contributed by atoms with Crippen LogP contribution in [0.25, 0.3) is 6.08 Å². The molecule has 0 unspecified atom stereocenters. The topological polar surface area (TPSA) is 83.8 Å². The van der Waals surface area contributed by atoms with Crippen LogP contribution in [0.5, 0.6) is 11.5 Å². The summed E-state index contributed by atoms with van der Waals surface area (Å²) in [5.74, 6) is 0.632. The molecule has 0 spiro atoms. The fraction of sp³-hybridized carbons (Fsp3) is 0.333. The third-order valence-corrected chi connectivity index (χ3v) is 5.12. The van der Waals surface area contributed by atoms with Crippen LogP contribution in [0.2, 0.25) is 5.02 Å². The van der Waals surface area contributed by atoms with Crippen LogP contribution in [-0.4, -0.2) is 45.9 Å². The molecule has 0 radical (unpaired) electrons. The number of amides is 1. The zero-order valence-corrected chi connectivity index (χ0v) is 18.9. The zero-order valence-electron chi connectivity index (χ0n) is 18.2. The van der Waals surface area contributed by atoms with E-state index < -0.39 is 5.91 Å². The lowest BCUT2D eigenvalue weighted by molar-refractivity contribution is -0.112. The highest BCUT2D eigenvalue weighted by Gasteiger charge is 2.18. The molecule has 1 fully saturated rings. The Morgan fingerprint density at radius 1 is 1.25 bits per heavy atom. The molecule has 168 valence electrons. The molecule has 2 aromatic carbocycles. The van der Waals surface area contributed by atoms with E-state index in [4.69, 9.17) is 25.8 Å². The van der Waals surface area contributed by atoms with E-state index in [1.165, 1.54) is 6.08 Å². The first-order chi connectivity index (χ1) is 15.5. The van der Waals surface area contributed by atoms with Crippen LogP contribution in [0, 0.1) is 11.3 Å². The second-order valence-electron chi connectivity index (χ2n) is 7.14. The number of rotatable bonds is 8. The van der Waals surface area contributed by atoms with Gasteiger partial charge in [0.25, 0.3) is 5.91 Å². The van der Waals surface area contributed by atoms with Gasteiger partial charge in [0.05, 0.1) is 38.3 Å². The largest absolute Gasteiger partial charge is 0.493 e. The summed E-state index contributed by atoms with van der Waals surface area (Å²) < 4.78 is 16.4. The van der Waals surface area contributed by atoms with Gasteiger partial charge in [-0.1, -0.05) is 24.6 Å². The van der Waals surface area contributed by atoms with Crippen LogP contribution >= 0.6 is 11.6 Å². The summed E-state index contributed by atoms with van der Waals surface area (Å²) in [6.07, 6.45) is 2.39. The summed E-state index contributed by atoms with van der Waals surface area (Å²) in [4.78, 5) is 15.0. The molecule has 0 saturated carbocycles. The molecular formula is C24H26ClN3O4. The predicted octanol–water partition coefficient (Wildman–Crippen LogP) is 4.52. The number of hydrogen-bond donors (Lipinski definition) is 1. The smallest absolute Gasteiger partial charge is 0.266 e. The first kappa shape index (κ1) is 23.5. The van der Waals surface area contributed by atoms with E-state index >= 15 is 0 Å². The number of nitriles is 1. The van der Waals surface area contributed by atoms with Gasteiger partial charge in [-0.15, -0.1) is 0 Å². The lowest BCUT2D eigenvalue weighted by Crippen LogP contribution is -2.36. The van der Waals surface area contributed by atoms with Crippen molar-refractivity contribution in [3.63, 3.8) is 0 Å². The molecule has 1 heterocycles. The summed E-state index contributed by atoms with van der Waals surface area (Å²) >= 11 is 6.17. The third kappa shape index (κ3) is 5.94. The fourth-order valence-electron chi connectivity index (χ4n) is 3.30. The molecule has 8 heteroatoms. The SMILES string of the molecule is CCCOc1ccc(/C=C(\C#N)C(=O)Nc2cc(Cl)ccc2N2CCOCC2)cc1OC. The van der Waals surface area contributed by atoms with Crippen LogP contribution in [0.15, 0.2) is 42.0 Å². The molecule has 32 heavy (non-hydrogen) atoms. The van der Waals surface area contributed by atoms with Gasteiger partial charge in [-0.25, -0.2) is 0 Å². The lowest BCUT2D eigenvalue weighted by atomic mass is 10.1. The van der Waals surface area contributed by atoms with Crippen molar-refractivity contribution in [3.05, 3.63) is 52.6 Å². The van der Waals surface area contributed by atoms with E-state index in [1.54, 1.807) is 37.4 Å². The molecule has 1 N–H and O–H groups in total. The number of anilines is 2. The molecule has 1 amide bonds. The first-order valence-corrected chi connectivity index (χ1v) is 10.8. The number of nitrogens with zero attached hydrogens (tertiary/aromatic N) is 2. The van der Waals surface area contributed by atoms with Gasteiger partial charge in [0.15, 0.2) is 11.5 Å². The fourth-order valence-corrected chi connectivity index (χ4v) is 3.47. The first-order valence-electron chi connectivity index (χ1n) is 10.4. The molecule has 3 rings (SSSR count). The van der Waals surface area contributed by atoms with Gasteiger partial charge < -0.3 is 24.4 Å². The average molecular weight is 456 g/mol. The molecule has 1 aliphatic rings. The predicted molar refractivity (Wildman–Crippen MR) is 125 cm³/mol. The molecule has 0 atom stereocenters. The van der Waals surface area contributed by atoms with Gasteiger partial charge >= 0.3 is 0 Å². The van der Waals surface area contributed by atoms with Gasteiger partial charge in [-0.3, -0.25) is 4.79 Å². The number of benzene rings is 2. The van der Waals surface area contributed by atoms with Gasteiger partial charge in [-0.2, -0.15) is 5.26 Å². The van der Waals surface area contributed by atoms with Gasteiger partial charge in [0, 0.05) is 18.1 Å². The van der Waals surface area contributed by atoms with Crippen molar-refractivity contribution >= 4 is 35.0 Å². The number of carbonyl (C=O) groups excluding carboxylic acids is 1. The maximum absolute atomic E-state index is 12.9. The maximum Gasteiger partial charge on any atom is 0.266 e. The summed E-state index contributed by atoms with van der Waals surface area (Å²) in [6.45, 7) is 5.22. The van der Waals surface area contributed by atoms with Gasteiger partial charge in [0.2, 0.25) is 0 Å². The number of morpholine rings is 1. The standard InChI is InChI=1S/C24H26ClN3O4/c1-3-10-32-22-7-4-17(14-23(22)30-2)13-18(16-26)24(29)27-20-15-19(25)5-6-21(20)28-8-11-31-12-9-28/h4-7,13-15H,3,8-12H2,1-2H3,(H,27,29)/b18-13+. The Hall–Kier alpha value is -3.21. The van der Waals surface area contributed by atoms with Gasteiger partial charge in [0.1, 0.15) is 11.6 Å². The van der Waals surface area contributed by atoms with E-state index in [0.717, 1.165) is 12.1 Å². The van der Waals surface area contributed by atoms with E-state index in [1.807, 2.05) is 19.1 Å². The van der Waals surface area contributed by atoms with Crippen LogP contribution in [0.1, 0.15) is 18.9 Å². The summed E-state index contributed by atoms with van der Waals surface area (Å²) in [6, 6.07) is 12.6. The molecular weight excluding hydrogens is 430 g/mol. The van der Waals surface area contributed by atoms with Crippen molar-refractivity contribution in [2.45, 2.75) is 13.3 Å². The van der Waals surface area contributed by atoms with Crippen molar-refractivity contribution < 1.29 is 19.0 Å². The highest BCUT2D eigenvalue weighted by molar-refractivity contribution is 6.31. The van der Waals surface area contributed by atoms with Crippen molar-refractivity contribution in [2.24, 2.45) is 0 Å². The molecule has 1 aliphatic heterocycles. The third-order valence-electron chi connectivity index (χ3n) is 4.88. The second kappa shape index (κ2) is 11.4. The molecule has 0 aromatic heterocycles. The molecule has 0 aliphatic carbocycles. The van der Waals surface area contributed by atoms with Crippen LogP contribution < -0.4 is 19.7 Å². The Kier molecular flexibility index (Phi) is 8.37. The van der Waals surface area contributed by atoms with Gasteiger partial charge in [-0.05, 0) is 48.4 Å². The number of ether oxygens (including phenoxy) is 3. The second-order valence-corrected chi connectivity index (χ2v) is 7.58. The van der Waals surface area contributed by atoms with Crippen molar-refractivity contribution in [1.29, 1.82) is 5.26 Å². The monoisotopic (exact) mass is 455 g/mol. The van der Waals surface area contributed by atoms with Crippen LogP contribution in [0.3, 0.4) is 0 Å². The highest BCUT2D eigenvalue weighted by atomic mass is 35.5. The van der Waals surface area contributed by atoms with E-state index in [-0.39, 0.29) is 5.57 Å². The lowest BCUT2D eigenvalue weighted by Gasteiger charge is -2.30. The number of halogens is 1. The number of nitrogens with one attached hydrogen (secondary N) is 1. The Morgan fingerprint density at radius 2 is 2.03 bits per heavy atom. The van der Waals surface area contributed by atoms with Crippen molar-refractivity contribution in [2.75, 3.05) is 50.2 Å². The Bertz CT molecular complexity index is 1030. The average Bonchev–Trinajstić information content (AvgIpc) is 2.82. The highest BCUT2D eigenvalue weighted by Crippen LogP contribution is 2.31. The van der Waals surface area contributed by atoms with E-state index in [9.17, 15) is 10.1 Å². The quantitative estimate of drug-likeness (QED) is 0.465. The minimum Gasteiger partial charge on any atom is -0.493 e. The zero-order chi connectivity index (χ0) is 22.9.